The maximum atomic E-state index is 6.25. The van der Waals surface area contributed by atoms with Gasteiger partial charge in [-0.3, -0.25) is 0 Å². The van der Waals surface area contributed by atoms with Crippen LogP contribution < -0.4 is 4.90 Å². The first kappa shape index (κ1) is 16.3. The predicted molar refractivity (Wildman–Crippen MR) is 108 cm³/mol. The highest BCUT2D eigenvalue weighted by molar-refractivity contribution is 6.42. The van der Waals surface area contributed by atoms with Crippen molar-refractivity contribution in [2.45, 2.75) is 37.5 Å². The molecule has 1 aliphatic carbocycles. The number of hydrogen-bond donors (Lipinski definition) is 0. The van der Waals surface area contributed by atoms with Crippen LogP contribution in [-0.2, 0) is 5.41 Å². The van der Waals surface area contributed by atoms with Crippen LogP contribution in [0.4, 0.5) is 11.5 Å². The van der Waals surface area contributed by atoms with E-state index < -0.39 is 0 Å². The summed E-state index contributed by atoms with van der Waals surface area (Å²) in [7, 11) is 2.07. The summed E-state index contributed by atoms with van der Waals surface area (Å²) in [4.78, 5) is 12.2. The second-order valence-corrected chi connectivity index (χ2v) is 8.18. The highest BCUT2D eigenvalue weighted by Crippen LogP contribution is 2.54. The SMILES string of the molecule is CN1c2ccccc2C2(CCCCC2)c2nc3cc(Cl)c(Cl)cc3nc21. The van der Waals surface area contributed by atoms with Gasteiger partial charge in [0.15, 0.2) is 5.82 Å². The summed E-state index contributed by atoms with van der Waals surface area (Å²) in [6.45, 7) is 0. The molecule has 0 N–H and O–H groups in total. The number of fused-ring (bicyclic) bond motifs is 5. The quantitative estimate of drug-likeness (QED) is 0.458. The molecule has 26 heavy (non-hydrogen) atoms. The van der Waals surface area contributed by atoms with E-state index in [9.17, 15) is 0 Å². The van der Waals surface area contributed by atoms with Gasteiger partial charge >= 0.3 is 0 Å². The Kier molecular flexibility index (Phi) is 3.67. The van der Waals surface area contributed by atoms with Gasteiger partial charge in [0, 0.05) is 18.2 Å². The summed E-state index contributed by atoms with van der Waals surface area (Å²) in [5, 5.41) is 1.04. The molecule has 0 saturated heterocycles. The van der Waals surface area contributed by atoms with Gasteiger partial charge in [-0.05, 0) is 36.6 Å². The largest absolute Gasteiger partial charge is 0.328 e. The summed E-state index contributed by atoms with van der Waals surface area (Å²) >= 11 is 12.5. The molecule has 0 amide bonds. The van der Waals surface area contributed by atoms with Gasteiger partial charge < -0.3 is 4.90 Å². The van der Waals surface area contributed by atoms with Gasteiger partial charge in [0.25, 0.3) is 0 Å². The van der Waals surface area contributed by atoms with Gasteiger partial charge in [0.05, 0.1) is 26.8 Å². The Hall–Kier alpha value is -1.84. The molecule has 2 heterocycles. The third-order valence-electron chi connectivity index (χ3n) is 5.95. The Balaban J connectivity index is 1.85. The van der Waals surface area contributed by atoms with E-state index in [1.165, 1.54) is 30.5 Å². The number of hydrogen-bond acceptors (Lipinski definition) is 3. The van der Waals surface area contributed by atoms with Crippen LogP contribution >= 0.6 is 23.2 Å². The van der Waals surface area contributed by atoms with Crippen molar-refractivity contribution in [2.24, 2.45) is 0 Å². The van der Waals surface area contributed by atoms with E-state index in [0.717, 1.165) is 35.4 Å². The number of benzene rings is 2. The maximum Gasteiger partial charge on any atom is 0.156 e. The van der Waals surface area contributed by atoms with Gasteiger partial charge in [-0.1, -0.05) is 60.7 Å². The fraction of sp³-hybridized carbons (Fsp3) is 0.333. The Morgan fingerprint density at radius 2 is 1.58 bits per heavy atom. The van der Waals surface area contributed by atoms with E-state index >= 15 is 0 Å². The van der Waals surface area contributed by atoms with Crippen molar-refractivity contribution in [1.82, 2.24) is 9.97 Å². The summed E-state index contributed by atoms with van der Waals surface area (Å²) in [5.74, 6) is 0.941. The lowest BCUT2D eigenvalue weighted by Crippen LogP contribution is -2.38. The van der Waals surface area contributed by atoms with Crippen LogP contribution in [0, 0.1) is 0 Å². The average molecular weight is 384 g/mol. The van der Waals surface area contributed by atoms with E-state index in [1.54, 1.807) is 0 Å². The summed E-state index contributed by atoms with van der Waals surface area (Å²) in [5.41, 5.74) is 5.25. The van der Waals surface area contributed by atoms with E-state index in [1.807, 2.05) is 12.1 Å². The minimum atomic E-state index is -0.0516. The first-order valence-corrected chi connectivity index (χ1v) is 9.86. The van der Waals surface area contributed by atoms with Gasteiger partial charge in [0.1, 0.15) is 0 Å². The van der Waals surface area contributed by atoms with E-state index in [-0.39, 0.29) is 5.41 Å². The van der Waals surface area contributed by atoms with Crippen LogP contribution in [0.2, 0.25) is 10.0 Å². The van der Waals surface area contributed by atoms with E-state index in [0.29, 0.717) is 10.0 Å². The van der Waals surface area contributed by atoms with Crippen LogP contribution in [0.15, 0.2) is 36.4 Å². The van der Waals surface area contributed by atoms with Crippen LogP contribution in [-0.4, -0.2) is 17.0 Å². The molecule has 3 aromatic rings. The zero-order valence-corrected chi connectivity index (χ0v) is 16.1. The molecule has 1 aliphatic heterocycles. The maximum absolute atomic E-state index is 6.25. The first-order valence-electron chi connectivity index (χ1n) is 9.11. The third kappa shape index (κ3) is 2.20. The van der Waals surface area contributed by atoms with Crippen LogP contribution in [0.5, 0.6) is 0 Å². The summed E-state index contributed by atoms with van der Waals surface area (Å²) < 4.78 is 0. The second kappa shape index (κ2) is 5.83. The number of nitrogens with zero attached hydrogens (tertiary/aromatic N) is 3. The lowest BCUT2D eigenvalue weighted by atomic mass is 9.65. The molecule has 0 radical (unpaired) electrons. The zero-order chi connectivity index (χ0) is 17.9. The van der Waals surface area contributed by atoms with Crippen molar-refractivity contribution in [2.75, 3.05) is 11.9 Å². The van der Waals surface area contributed by atoms with Gasteiger partial charge in [-0.15, -0.1) is 0 Å². The molecule has 2 aromatic carbocycles. The molecule has 0 atom stereocenters. The molecule has 0 unspecified atom stereocenters. The molecule has 1 fully saturated rings. The molecule has 1 aromatic heterocycles. The number of para-hydroxylation sites is 1. The van der Waals surface area contributed by atoms with E-state index in [4.69, 9.17) is 33.2 Å². The number of halogens is 2. The highest BCUT2D eigenvalue weighted by Gasteiger charge is 2.45. The molecule has 0 bridgehead atoms. The second-order valence-electron chi connectivity index (χ2n) is 7.37. The molecular weight excluding hydrogens is 365 g/mol. The lowest BCUT2D eigenvalue weighted by Gasteiger charge is -2.45. The number of aromatic nitrogens is 2. The van der Waals surface area contributed by atoms with Crippen LogP contribution in [0.1, 0.15) is 43.4 Å². The molecule has 5 heteroatoms. The molecule has 3 nitrogen and oxygen atoms in total. The van der Waals surface area contributed by atoms with Crippen molar-refractivity contribution in [3.05, 3.63) is 57.7 Å². The highest BCUT2D eigenvalue weighted by atomic mass is 35.5. The molecule has 5 rings (SSSR count). The van der Waals surface area contributed by atoms with Crippen LogP contribution in [0.3, 0.4) is 0 Å². The molecule has 1 spiro atoms. The standard InChI is InChI=1S/C21H19Cl2N3/c1-26-18-8-4-3-7-13(18)21(9-5-2-6-10-21)19-20(26)25-17-12-15(23)14(22)11-16(17)24-19/h3-4,7-8,11-12H,2,5-6,9-10H2,1H3. The van der Waals surface area contributed by atoms with Crippen molar-refractivity contribution in [1.29, 1.82) is 0 Å². The molecule has 2 aliphatic rings. The molecule has 132 valence electrons. The molecular formula is C21H19Cl2N3. The first-order chi connectivity index (χ1) is 12.6. The fourth-order valence-electron chi connectivity index (χ4n) is 4.67. The van der Waals surface area contributed by atoms with Crippen LogP contribution in [0.25, 0.3) is 11.0 Å². The van der Waals surface area contributed by atoms with Gasteiger partial charge in [-0.2, -0.15) is 0 Å². The Bertz CT molecular complexity index is 1030. The topological polar surface area (TPSA) is 29.0 Å². The Labute approximate surface area is 163 Å². The summed E-state index contributed by atoms with van der Waals surface area (Å²) in [6, 6.07) is 12.3. The Morgan fingerprint density at radius 1 is 0.923 bits per heavy atom. The van der Waals surface area contributed by atoms with Crippen molar-refractivity contribution in [3.63, 3.8) is 0 Å². The minimum Gasteiger partial charge on any atom is -0.328 e. The fourth-order valence-corrected chi connectivity index (χ4v) is 4.99. The smallest absolute Gasteiger partial charge is 0.156 e. The number of anilines is 2. The third-order valence-corrected chi connectivity index (χ3v) is 6.67. The molecule has 1 saturated carbocycles. The average Bonchev–Trinajstić information content (AvgIpc) is 2.67. The van der Waals surface area contributed by atoms with Crippen molar-refractivity contribution < 1.29 is 0 Å². The zero-order valence-electron chi connectivity index (χ0n) is 14.6. The minimum absolute atomic E-state index is 0.0516. The van der Waals surface area contributed by atoms with Gasteiger partial charge in [-0.25, -0.2) is 9.97 Å². The van der Waals surface area contributed by atoms with Crippen molar-refractivity contribution >= 4 is 45.7 Å². The monoisotopic (exact) mass is 383 g/mol. The normalized spacial score (nSPS) is 18.0. The Morgan fingerprint density at radius 3 is 2.31 bits per heavy atom. The van der Waals surface area contributed by atoms with Gasteiger partial charge in [0.2, 0.25) is 0 Å². The van der Waals surface area contributed by atoms with E-state index in [2.05, 4.69) is 36.2 Å². The van der Waals surface area contributed by atoms with Crippen molar-refractivity contribution in [3.8, 4) is 0 Å². The number of rotatable bonds is 0. The predicted octanol–water partition coefficient (Wildman–Crippen LogP) is 6.27. The lowest BCUT2D eigenvalue weighted by molar-refractivity contribution is 0.336. The summed E-state index contributed by atoms with van der Waals surface area (Å²) in [6.07, 6.45) is 5.97.